The van der Waals surface area contributed by atoms with Gasteiger partial charge in [0.05, 0.1) is 31.0 Å². The maximum absolute atomic E-state index is 14.3. The SMILES string of the molecule is Cn1cc(C2(C)CN(c3c(F)cc(C#N)cc3F)CCO2)cn1. The highest BCUT2D eigenvalue weighted by Gasteiger charge is 2.36. The minimum Gasteiger partial charge on any atom is -0.367 e. The second kappa shape index (κ2) is 5.63. The van der Waals surface area contributed by atoms with Gasteiger partial charge < -0.3 is 9.64 Å². The Labute approximate surface area is 132 Å². The number of halogens is 2. The molecule has 0 spiro atoms. The van der Waals surface area contributed by atoms with Crippen molar-refractivity contribution in [3.63, 3.8) is 0 Å². The molecule has 7 heteroatoms. The molecular formula is C16H16F2N4O. The molecule has 2 aromatic rings. The van der Waals surface area contributed by atoms with Gasteiger partial charge in [-0.25, -0.2) is 8.78 Å². The molecule has 1 aromatic heterocycles. The standard InChI is InChI=1S/C16H16F2N4O/c1-16(12-8-20-21(2)9-12)10-22(3-4-23-16)15-13(17)5-11(7-19)6-14(15)18/h5-6,8-9H,3-4,10H2,1-2H3. The van der Waals surface area contributed by atoms with Crippen molar-refractivity contribution >= 4 is 5.69 Å². The van der Waals surface area contributed by atoms with E-state index in [1.165, 1.54) is 0 Å². The number of aryl methyl sites for hydroxylation is 1. The summed E-state index contributed by atoms with van der Waals surface area (Å²) in [7, 11) is 1.80. The average Bonchev–Trinajstić information content (AvgIpc) is 2.94. The molecule has 0 saturated carbocycles. The number of aromatic nitrogens is 2. The molecule has 0 aliphatic carbocycles. The lowest BCUT2D eigenvalue weighted by Gasteiger charge is -2.41. The van der Waals surface area contributed by atoms with Gasteiger partial charge in [-0.3, -0.25) is 4.68 Å². The van der Waals surface area contributed by atoms with Gasteiger partial charge >= 0.3 is 0 Å². The van der Waals surface area contributed by atoms with E-state index in [-0.39, 0.29) is 11.3 Å². The minimum absolute atomic E-state index is 0.0352. The van der Waals surface area contributed by atoms with Crippen molar-refractivity contribution in [2.45, 2.75) is 12.5 Å². The first-order valence-corrected chi connectivity index (χ1v) is 7.20. The van der Waals surface area contributed by atoms with Gasteiger partial charge in [-0.05, 0) is 19.1 Å². The number of ether oxygens (including phenoxy) is 1. The molecule has 1 aromatic carbocycles. The Morgan fingerprint density at radius 2 is 2.04 bits per heavy atom. The predicted molar refractivity (Wildman–Crippen MR) is 79.8 cm³/mol. The van der Waals surface area contributed by atoms with Crippen molar-refractivity contribution in [3.05, 3.63) is 47.3 Å². The molecule has 1 unspecified atom stereocenters. The van der Waals surface area contributed by atoms with Gasteiger partial charge in [-0.1, -0.05) is 0 Å². The number of hydrogen-bond donors (Lipinski definition) is 0. The maximum Gasteiger partial charge on any atom is 0.150 e. The summed E-state index contributed by atoms with van der Waals surface area (Å²) in [5.41, 5.74) is -0.0205. The number of anilines is 1. The van der Waals surface area contributed by atoms with E-state index in [0.29, 0.717) is 19.7 Å². The normalized spacial score (nSPS) is 21.3. The van der Waals surface area contributed by atoms with Crippen LogP contribution in [0.25, 0.3) is 0 Å². The fourth-order valence-electron chi connectivity index (χ4n) is 2.86. The lowest BCUT2D eigenvalue weighted by Crippen LogP contribution is -2.48. The van der Waals surface area contributed by atoms with Crippen LogP contribution in [0.1, 0.15) is 18.1 Å². The Morgan fingerprint density at radius 3 is 2.61 bits per heavy atom. The monoisotopic (exact) mass is 318 g/mol. The fourth-order valence-corrected chi connectivity index (χ4v) is 2.86. The highest BCUT2D eigenvalue weighted by Crippen LogP contribution is 2.34. The van der Waals surface area contributed by atoms with E-state index in [4.69, 9.17) is 10.00 Å². The van der Waals surface area contributed by atoms with Crippen molar-refractivity contribution in [2.75, 3.05) is 24.6 Å². The van der Waals surface area contributed by atoms with Crippen LogP contribution in [0.4, 0.5) is 14.5 Å². The van der Waals surface area contributed by atoms with Crippen LogP contribution in [0.3, 0.4) is 0 Å². The van der Waals surface area contributed by atoms with Crippen LogP contribution in [0, 0.1) is 23.0 Å². The molecule has 0 radical (unpaired) electrons. The second-order valence-electron chi connectivity index (χ2n) is 5.80. The molecule has 1 saturated heterocycles. The van der Waals surface area contributed by atoms with Crippen molar-refractivity contribution in [2.24, 2.45) is 7.05 Å². The summed E-state index contributed by atoms with van der Waals surface area (Å²) in [6.45, 7) is 2.87. The third kappa shape index (κ3) is 2.78. The first-order valence-electron chi connectivity index (χ1n) is 7.20. The van der Waals surface area contributed by atoms with Crippen LogP contribution in [0.5, 0.6) is 0 Å². The summed E-state index contributed by atoms with van der Waals surface area (Å²) in [5.74, 6) is -1.48. The van der Waals surface area contributed by atoms with Crippen LogP contribution < -0.4 is 4.90 Å². The smallest absolute Gasteiger partial charge is 0.150 e. The average molecular weight is 318 g/mol. The molecule has 120 valence electrons. The first-order chi connectivity index (χ1) is 10.9. The van der Waals surface area contributed by atoms with Crippen molar-refractivity contribution in [1.29, 1.82) is 5.26 Å². The highest BCUT2D eigenvalue weighted by atomic mass is 19.1. The summed E-state index contributed by atoms with van der Waals surface area (Å²) in [5, 5.41) is 12.9. The van der Waals surface area contributed by atoms with Gasteiger partial charge in [0, 0.05) is 25.4 Å². The van der Waals surface area contributed by atoms with Crippen LogP contribution >= 0.6 is 0 Å². The predicted octanol–water partition coefficient (Wildman–Crippen LogP) is 2.32. The summed E-state index contributed by atoms with van der Waals surface area (Å²) in [6, 6.07) is 3.85. The number of benzene rings is 1. The maximum atomic E-state index is 14.3. The number of rotatable bonds is 2. The molecule has 1 fully saturated rings. The first kappa shape index (κ1) is 15.4. The van der Waals surface area contributed by atoms with Gasteiger partial charge in [-0.2, -0.15) is 10.4 Å². The quantitative estimate of drug-likeness (QED) is 0.853. The molecule has 0 N–H and O–H groups in total. The zero-order chi connectivity index (χ0) is 16.6. The second-order valence-corrected chi connectivity index (χ2v) is 5.80. The number of nitrogens with zero attached hydrogens (tertiary/aromatic N) is 4. The van der Waals surface area contributed by atoms with Crippen molar-refractivity contribution in [3.8, 4) is 6.07 Å². The minimum atomic E-state index is -0.739. The van der Waals surface area contributed by atoms with Gasteiger partial charge in [0.15, 0.2) is 11.6 Å². The third-order valence-electron chi connectivity index (χ3n) is 4.05. The van der Waals surface area contributed by atoms with Crippen LogP contribution in [0.15, 0.2) is 24.5 Å². The molecule has 23 heavy (non-hydrogen) atoms. The zero-order valence-electron chi connectivity index (χ0n) is 12.9. The molecule has 1 aliphatic heterocycles. The number of nitriles is 1. The molecule has 0 bridgehead atoms. The van der Waals surface area contributed by atoms with E-state index >= 15 is 0 Å². The highest BCUT2D eigenvalue weighted by molar-refractivity contribution is 5.53. The topological polar surface area (TPSA) is 54.1 Å². The van der Waals surface area contributed by atoms with Crippen LogP contribution in [0.2, 0.25) is 0 Å². The lowest BCUT2D eigenvalue weighted by molar-refractivity contribution is -0.0469. The largest absolute Gasteiger partial charge is 0.367 e. The molecular weight excluding hydrogens is 302 g/mol. The zero-order valence-corrected chi connectivity index (χ0v) is 12.9. The van der Waals surface area contributed by atoms with Crippen LogP contribution in [-0.2, 0) is 17.4 Å². The van der Waals surface area contributed by atoms with Gasteiger partial charge in [0.1, 0.15) is 11.3 Å². The Kier molecular flexibility index (Phi) is 3.78. The molecule has 2 heterocycles. The summed E-state index contributed by atoms with van der Waals surface area (Å²) in [4.78, 5) is 1.61. The summed E-state index contributed by atoms with van der Waals surface area (Å²) >= 11 is 0. The summed E-state index contributed by atoms with van der Waals surface area (Å²) in [6.07, 6.45) is 3.52. The van der Waals surface area contributed by atoms with E-state index in [0.717, 1.165) is 17.7 Å². The number of hydrogen-bond acceptors (Lipinski definition) is 4. The van der Waals surface area contributed by atoms with Gasteiger partial charge in [-0.15, -0.1) is 0 Å². The molecule has 1 aliphatic rings. The van der Waals surface area contributed by atoms with E-state index in [1.807, 2.05) is 13.1 Å². The van der Waals surface area contributed by atoms with E-state index < -0.39 is 17.2 Å². The fraction of sp³-hybridized carbons (Fsp3) is 0.375. The van der Waals surface area contributed by atoms with E-state index in [1.54, 1.807) is 28.9 Å². The van der Waals surface area contributed by atoms with Crippen molar-refractivity contribution in [1.82, 2.24) is 9.78 Å². The lowest BCUT2D eigenvalue weighted by atomic mass is 9.96. The van der Waals surface area contributed by atoms with Crippen molar-refractivity contribution < 1.29 is 13.5 Å². The molecule has 0 amide bonds. The Hall–Kier alpha value is -2.46. The Balaban J connectivity index is 1.94. The van der Waals surface area contributed by atoms with E-state index in [2.05, 4.69) is 5.10 Å². The van der Waals surface area contributed by atoms with Gasteiger partial charge in [0.2, 0.25) is 0 Å². The number of morpholine rings is 1. The van der Waals surface area contributed by atoms with Crippen LogP contribution in [-0.4, -0.2) is 29.5 Å². The van der Waals surface area contributed by atoms with Gasteiger partial charge in [0.25, 0.3) is 0 Å². The third-order valence-corrected chi connectivity index (χ3v) is 4.05. The Bertz CT molecular complexity index is 760. The Morgan fingerprint density at radius 1 is 1.35 bits per heavy atom. The van der Waals surface area contributed by atoms with E-state index in [9.17, 15) is 8.78 Å². The molecule has 3 rings (SSSR count). The molecule has 1 atom stereocenters. The summed E-state index contributed by atoms with van der Waals surface area (Å²) < 4.78 is 36.0. The molecule has 5 nitrogen and oxygen atoms in total.